The van der Waals surface area contributed by atoms with Crippen LogP contribution in [0.4, 0.5) is 0 Å². The zero-order chi connectivity index (χ0) is 15.6. The smallest absolute Gasteiger partial charge is 0.223 e. The quantitative estimate of drug-likeness (QED) is 0.183. The minimum Gasteiger partial charge on any atom is -0.469 e. The van der Waals surface area contributed by atoms with Crippen molar-refractivity contribution in [3.05, 3.63) is 36.8 Å². The Balaban J connectivity index is 0.00000264. The number of carbonyl (C=O) groups is 1. The van der Waals surface area contributed by atoms with Crippen molar-refractivity contribution in [2.75, 3.05) is 26.2 Å². The number of halogens is 1. The summed E-state index contributed by atoms with van der Waals surface area (Å²) in [4.78, 5) is 16.0. The lowest BCUT2D eigenvalue weighted by molar-refractivity contribution is -0.122. The molecule has 0 unspecified atom stereocenters. The maximum absolute atomic E-state index is 11.5. The normalized spacial score (nSPS) is 13.8. The first-order chi connectivity index (χ1) is 10.8. The van der Waals surface area contributed by atoms with Gasteiger partial charge in [-0.15, -0.1) is 30.6 Å². The Morgan fingerprint density at radius 1 is 1.35 bits per heavy atom. The highest BCUT2D eigenvalue weighted by Gasteiger charge is 2.28. The van der Waals surface area contributed by atoms with Gasteiger partial charge in [0.1, 0.15) is 5.76 Å². The summed E-state index contributed by atoms with van der Waals surface area (Å²) in [6.45, 7) is 6.20. The standard InChI is InChI=1S/C16H24N4O2.HI/c1-2-8-18-16(19-9-7-14-4-3-12-22-14)20-11-10-17-15(21)13-5-6-13;/h2-4,12-13H,1,5-11H2,(H,17,21)(H2,18,19,20);1H. The molecule has 0 spiro atoms. The van der Waals surface area contributed by atoms with Crippen LogP contribution in [0.15, 0.2) is 40.5 Å². The number of nitrogens with one attached hydrogen (secondary N) is 3. The predicted molar refractivity (Wildman–Crippen MR) is 102 cm³/mol. The third-order valence-corrected chi connectivity index (χ3v) is 3.29. The van der Waals surface area contributed by atoms with E-state index < -0.39 is 0 Å². The SMILES string of the molecule is C=CCNC(=NCCc1ccco1)NCCNC(=O)C1CC1.I. The Bertz CT molecular complexity index is 498. The van der Waals surface area contributed by atoms with Crippen molar-refractivity contribution in [2.45, 2.75) is 19.3 Å². The molecule has 6 nitrogen and oxygen atoms in total. The number of carbonyl (C=O) groups excluding carboxylic acids is 1. The first kappa shape index (κ1) is 19.5. The van der Waals surface area contributed by atoms with Crippen LogP contribution in [0.5, 0.6) is 0 Å². The molecule has 128 valence electrons. The molecule has 2 rings (SSSR count). The molecule has 0 radical (unpaired) electrons. The van der Waals surface area contributed by atoms with Crippen LogP contribution in [0.2, 0.25) is 0 Å². The Morgan fingerprint density at radius 2 is 2.13 bits per heavy atom. The Kier molecular flexibility index (Phi) is 9.42. The topological polar surface area (TPSA) is 78.7 Å². The molecular formula is C16H25IN4O2. The lowest BCUT2D eigenvalue weighted by Crippen LogP contribution is -2.42. The fourth-order valence-corrected chi connectivity index (χ4v) is 1.93. The first-order valence-corrected chi connectivity index (χ1v) is 7.73. The Labute approximate surface area is 154 Å². The minimum absolute atomic E-state index is 0. The summed E-state index contributed by atoms with van der Waals surface area (Å²) < 4.78 is 5.28. The summed E-state index contributed by atoms with van der Waals surface area (Å²) in [5, 5.41) is 9.26. The van der Waals surface area contributed by atoms with Crippen molar-refractivity contribution in [3.63, 3.8) is 0 Å². The molecule has 1 aromatic heterocycles. The molecule has 0 aliphatic heterocycles. The Morgan fingerprint density at radius 3 is 2.78 bits per heavy atom. The van der Waals surface area contributed by atoms with E-state index in [1.807, 2.05) is 12.1 Å². The summed E-state index contributed by atoms with van der Waals surface area (Å²) in [5.74, 6) is 2.05. The van der Waals surface area contributed by atoms with Crippen LogP contribution in [0.3, 0.4) is 0 Å². The molecule has 7 heteroatoms. The third kappa shape index (κ3) is 8.06. The van der Waals surface area contributed by atoms with E-state index in [2.05, 4.69) is 27.5 Å². The highest BCUT2D eigenvalue weighted by Crippen LogP contribution is 2.28. The van der Waals surface area contributed by atoms with Crippen molar-refractivity contribution >= 4 is 35.8 Å². The molecule has 0 aromatic carbocycles. The molecule has 1 amide bonds. The second-order valence-electron chi connectivity index (χ2n) is 5.22. The van der Waals surface area contributed by atoms with E-state index >= 15 is 0 Å². The third-order valence-electron chi connectivity index (χ3n) is 3.29. The van der Waals surface area contributed by atoms with E-state index in [4.69, 9.17) is 4.42 Å². The van der Waals surface area contributed by atoms with E-state index in [1.54, 1.807) is 12.3 Å². The summed E-state index contributed by atoms with van der Waals surface area (Å²) in [5.41, 5.74) is 0. The van der Waals surface area contributed by atoms with Crippen molar-refractivity contribution in [2.24, 2.45) is 10.9 Å². The predicted octanol–water partition coefficient (Wildman–Crippen LogP) is 1.69. The van der Waals surface area contributed by atoms with Gasteiger partial charge in [-0.25, -0.2) is 0 Å². The molecule has 3 N–H and O–H groups in total. The number of hydrogen-bond donors (Lipinski definition) is 3. The van der Waals surface area contributed by atoms with E-state index in [9.17, 15) is 4.79 Å². The Hall–Kier alpha value is -1.51. The van der Waals surface area contributed by atoms with E-state index in [-0.39, 0.29) is 35.8 Å². The summed E-state index contributed by atoms with van der Waals surface area (Å²) in [6, 6.07) is 3.81. The molecule has 0 bridgehead atoms. The number of aliphatic imine (C=N–C) groups is 1. The first-order valence-electron chi connectivity index (χ1n) is 7.73. The molecule has 1 aliphatic rings. The van der Waals surface area contributed by atoms with Gasteiger partial charge in [0, 0.05) is 38.5 Å². The van der Waals surface area contributed by atoms with Crippen molar-refractivity contribution < 1.29 is 9.21 Å². The van der Waals surface area contributed by atoms with Gasteiger partial charge in [0.2, 0.25) is 5.91 Å². The zero-order valence-electron chi connectivity index (χ0n) is 13.2. The van der Waals surface area contributed by atoms with Crippen LogP contribution in [-0.2, 0) is 11.2 Å². The number of nitrogens with zero attached hydrogens (tertiary/aromatic N) is 1. The molecule has 1 fully saturated rings. The van der Waals surface area contributed by atoms with Gasteiger partial charge in [0.15, 0.2) is 5.96 Å². The fourth-order valence-electron chi connectivity index (χ4n) is 1.93. The van der Waals surface area contributed by atoms with Gasteiger partial charge in [-0.3, -0.25) is 9.79 Å². The van der Waals surface area contributed by atoms with Crippen molar-refractivity contribution in [1.29, 1.82) is 0 Å². The number of hydrogen-bond acceptors (Lipinski definition) is 3. The van der Waals surface area contributed by atoms with Crippen molar-refractivity contribution in [1.82, 2.24) is 16.0 Å². The average Bonchev–Trinajstić information content (AvgIpc) is 3.25. The monoisotopic (exact) mass is 432 g/mol. The molecule has 1 aromatic rings. The van der Waals surface area contributed by atoms with Crippen LogP contribution >= 0.6 is 24.0 Å². The number of amides is 1. The van der Waals surface area contributed by atoms with Crippen LogP contribution in [-0.4, -0.2) is 38.0 Å². The number of furan rings is 1. The second kappa shape index (κ2) is 11.1. The van der Waals surface area contributed by atoms with E-state index in [0.717, 1.165) is 25.0 Å². The van der Waals surface area contributed by atoms with Crippen LogP contribution in [0.1, 0.15) is 18.6 Å². The van der Waals surface area contributed by atoms with Gasteiger partial charge in [-0.2, -0.15) is 0 Å². The van der Waals surface area contributed by atoms with E-state index in [0.29, 0.717) is 32.1 Å². The zero-order valence-corrected chi connectivity index (χ0v) is 15.5. The van der Waals surface area contributed by atoms with Crippen LogP contribution in [0, 0.1) is 5.92 Å². The van der Waals surface area contributed by atoms with Gasteiger partial charge in [-0.1, -0.05) is 6.08 Å². The highest BCUT2D eigenvalue weighted by molar-refractivity contribution is 14.0. The summed E-state index contributed by atoms with van der Waals surface area (Å²) >= 11 is 0. The average molecular weight is 432 g/mol. The molecule has 1 heterocycles. The molecule has 23 heavy (non-hydrogen) atoms. The summed E-state index contributed by atoms with van der Waals surface area (Å²) in [6.07, 6.45) is 6.25. The highest BCUT2D eigenvalue weighted by atomic mass is 127. The lowest BCUT2D eigenvalue weighted by Gasteiger charge is -2.11. The van der Waals surface area contributed by atoms with Crippen LogP contribution < -0.4 is 16.0 Å². The van der Waals surface area contributed by atoms with E-state index in [1.165, 1.54) is 0 Å². The molecule has 1 saturated carbocycles. The van der Waals surface area contributed by atoms with Gasteiger partial charge >= 0.3 is 0 Å². The van der Waals surface area contributed by atoms with Gasteiger partial charge in [0.25, 0.3) is 0 Å². The molecule has 0 atom stereocenters. The van der Waals surface area contributed by atoms with Crippen LogP contribution in [0.25, 0.3) is 0 Å². The van der Waals surface area contributed by atoms with Crippen molar-refractivity contribution in [3.8, 4) is 0 Å². The maximum Gasteiger partial charge on any atom is 0.223 e. The number of rotatable bonds is 9. The summed E-state index contributed by atoms with van der Waals surface area (Å²) in [7, 11) is 0. The molecule has 0 saturated heterocycles. The van der Waals surface area contributed by atoms with Gasteiger partial charge in [0.05, 0.1) is 6.26 Å². The molecular weight excluding hydrogens is 407 g/mol. The molecule has 1 aliphatic carbocycles. The van der Waals surface area contributed by atoms with Gasteiger partial charge in [-0.05, 0) is 25.0 Å². The largest absolute Gasteiger partial charge is 0.469 e. The lowest BCUT2D eigenvalue weighted by atomic mass is 10.3. The second-order valence-corrected chi connectivity index (χ2v) is 5.22. The van der Waals surface area contributed by atoms with Gasteiger partial charge < -0.3 is 20.4 Å². The number of guanidine groups is 1. The minimum atomic E-state index is 0. The fraction of sp³-hybridized carbons (Fsp3) is 0.500. The maximum atomic E-state index is 11.5.